The van der Waals surface area contributed by atoms with Crippen LogP contribution in [-0.4, -0.2) is 31.1 Å². The molecule has 1 heterocycles. The van der Waals surface area contributed by atoms with E-state index in [1.54, 1.807) is 0 Å². The van der Waals surface area contributed by atoms with Gasteiger partial charge in [-0.3, -0.25) is 4.79 Å². The summed E-state index contributed by atoms with van der Waals surface area (Å²) < 4.78 is 24.9. The number of aromatic nitrogens is 1. The number of ketones is 1. The van der Waals surface area contributed by atoms with Gasteiger partial charge in [-0.05, 0) is 24.6 Å². The fourth-order valence-corrected chi connectivity index (χ4v) is 2.69. The average molecular weight is 401 g/mol. The van der Waals surface area contributed by atoms with E-state index in [2.05, 4.69) is 4.98 Å². The number of anilines is 1. The lowest BCUT2D eigenvalue weighted by molar-refractivity contribution is 0.0750. The minimum atomic E-state index is -0.702. The van der Waals surface area contributed by atoms with Crippen molar-refractivity contribution in [1.29, 1.82) is 0 Å². The van der Waals surface area contributed by atoms with Crippen LogP contribution in [-0.2, 0) is 4.74 Å². The molecule has 0 radical (unpaired) electrons. The van der Waals surface area contributed by atoms with Gasteiger partial charge in [0.05, 0.1) is 28.5 Å². The van der Waals surface area contributed by atoms with Crippen LogP contribution in [0.2, 0.25) is 10.0 Å². The van der Waals surface area contributed by atoms with Crippen molar-refractivity contribution >= 4 is 34.7 Å². The van der Waals surface area contributed by atoms with Crippen molar-refractivity contribution in [1.82, 2.24) is 4.98 Å². The van der Waals surface area contributed by atoms with Gasteiger partial charge in [0.25, 0.3) is 0 Å². The fourth-order valence-electron chi connectivity index (χ4n) is 2.27. The second-order valence-electron chi connectivity index (χ2n) is 5.53. The van der Waals surface area contributed by atoms with Gasteiger partial charge in [0.2, 0.25) is 5.78 Å². The Balaban J connectivity index is 2.41. The summed E-state index contributed by atoms with van der Waals surface area (Å²) in [5.74, 6) is -1.25. The number of pyridine rings is 1. The second-order valence-corrected chi connectivity index (χ2v) is 6.32. The minimum Gasteiger partial charge on any atom is -0.492 e. The number of nitrogens with two attached hydrogens (primary N) is 1. The summed E-state index contributed by atoms with van der Waals surface area (Å²) in [4.78, 5) is 16.5. The number of rotatable bonds is 8. The molecule has 0 saturated heterocycles. The van der Waals surface area contributed by atoms with E-state index >= 15 is 0 Å². The highest BCUT2D eigenvalue weighted by molar-refractivity contribution is 6.36. The smallest absolute Gasteiger partial charge is 0.208 e. The van der Waals surface area contributed by atoms with Crippen LogP contribution >= 0.6 is 23.2 Å². The SMILES string of the molecule is CCCCOCC(=O)c1nc(-c2ccc(Cl)c(OC)c2F)cc(N)c1Cl. The van der Waals surface area contributed by atoms with Gasteiger partial charge in [-0.15, -0.1) is 0 Å². The summed E-state index contributed by atoms with van der Waals surface area (Å²) in [7, 11) is 1.31. The van der Waals surface area contributed by atoms with E-state index in [1.165, 1.54) is 25.3 Å². The number of carbonyl (C=O) groups excluding carboxylic acids is 1. The number of ether oxygens (including phenoxy) is 2. The number of carbonyl (C=O) groups is 1. The first-order valence-corrected chi connectivity index (χ1v) is 8.75. The van der Waals surface area contributed by atoms with Crippen LogP contribution in [0.5, 0.6) is 5.75 Å². The van der Waals surface area contributed by atoms with Gasteiger partial charge in [-0.25, -0.2) is 9.37 Å². The van der Waals surface area contributed by atoms with E-state index in [0.717, 1.165) is 12.8 Å². The number of hydrogen-bond acceptors (Lipinski definition) is 5. The lowest BCUT2D eigenvalue weighted by atomic mass is 10.1. The molecule has 1 aromatic heterocycles. The van der Waals surface area contributed by atoms with Crippen molar-refractivity contribution in [3.05, 3.63) is 39.8 Å². The molecule has 26 heavy (non-hydrogen) atoms. The van der Waals surface area contributed by atoms with Crippen molar-refractivity contribution in [2.24, 2.45) is 0 Å². The number of nitrogen functional groups attached to an aromatic ring is 1. The number of methoxy groups -OCH3 is 1. The Labute approximate surface area is 161 Å². The van der Waals surface area contributed by atoms with E-state index < -0.39 is 11.6 Å². The van der Waals surface area contributed by atoms with Crippen molar-refractivity contribution in [3.63, 3.8) is 0 Å². The Kier molecular flexibility index (Phi) is 7.20. The predicted molar refractivity (Wildman–Crippen MR) is 101 cm³/mol. The quantitative estimate of drug-likeness (QED) is 0.509. The van der Waals surface area contributed by atoms with E-state index in [9.17, 15) is 9.18 Å². The lowest BCUT2D eigenvalue weighted by Gasteiger charge is -2.12. The van der Waals surface area contributed by atoms with E-state index in [4.69, 9.17) is 38.4 Å². The van der Waals surface area contributed by atoms with Gasteiger partial charge in [0, 0.05) is 12.2 Å². The Hall–Kier alpha value is -1.89. The molecule has 8 heteroatoms. The zero-order valence-electron chi connectivity index (χ0n) is 14.4. The molecule has 0 saturated carbocycles. The number of halogens is 3. The molecule has 0 fully saturated rings. The maximum atomic E-state index is 14.6. The molecule has 140 valence electrons. The Bertz CT molecular complexity index is 816. The first kappa shape index (κ1) is 20.4. The minimum absolute atomic E-state index is 0.0131. The van der Waals surface area contributed by atoms with Crippen molar-refractivity contribution in [3.8, 4) is 17.0 Å². The highest BCUT2D eigenvalue weighted by atomic mass is 35.5. The van der Waals surface area contributed by atoms with Crippen LogP contribution < -0.4 is 10.5 Å². The summed E-state index contributed by atoms with van der Waals surface area (Å²) in [6.07, 6.45) is 1.79. The Morgan fingerprint density at radius 2 is 2.08 bits per heavy atom. The molecule has 0 bridgehead atoms. The van der Waals surface area contributed by atoms with Crippen LogP contribution in [0.15, 0.2) is 18.2 Å². The molecule has 0 spiro atoms. The largest absolute Gasteiger partial charge is 0.492 e. The van der Waals surface area contributed by atoms with Gasteiger partial charge in [0.15, 0.2) is 11.6 Å². The van der Waals surface area contributed by atoms with Gasteiger partial charge >= 0.3 is 0 Å². The van der Waals surface area contributed by atoms with Gasteiger partial charge in [-0.2, -0.15) is 0 Å². The average Bonchev–Trinajstić information content (AvgIpc) is 2.61. The van der Waals surface area contributed by atoms with Gasteiger partial charge < -0.3 is 15.2 Å². The van der Waals surface area contributed by atoms with E-state index in [1.807, 2.05) is 6.92 Å². The highest BCUT2D eigenvalue weighted by Crippen LogP contribution is 2.36. The van der Waals surface area contributed by atoms with Crippen molar-refractivity contribution < 1.29 is 18.7 Å². The second kappa shape index (κ2) is 9.16. The number of unbranched alkanes of at least 4 members (excludes halogenated alkanes) is 1. The number of benzene rings is 1. The standard InChI is InChI=1S/C18H19Cl2FN2O3/c1-3-4-7-26-9-14(24)17-15(20)12(22)8-13(23-17)10-5-6-11(19)18(25-2)16(10)21/h5-6,8H,3-4,7,9H2,1-2H3,(H2,22,23). The molecule has 1 aromatic carbocycles. The van der Waals surface area contributed by atoms with Crippen LogP contribution in [0.4, 0.5) is 10.1 Å². The molecule has 2 aromatic rings. The molecular formula is C18H19Cl2FN2O3. The molecule has 0 aliphatic heterocycles. The highest BCUT2D eigenvalue weighted by Gasteiger charge is 2.21. The molecule has 0 unspecified atom stereocenters. The van der Waals surface area contributed by atoms with E-state index in [0.29, 0.717) is 6.61 Å². The van der Waals surface area contributed by atoms with Crippen LogP contribution in [0.25, 0.3) is 11.3 Å². The normalized spacial score (nSPS) is 10.8. The van der Waals surface area contributed by atoms with Crippen molar-refractivity contribution in [2.75, 3.05) is 26.1 Å². The molecule has 5 nitrogen and oxygen atoms in total. The first-order valence-electron chi connectivity index (χ1n) is 8.00. The molecular weight excluding hydrogens is 382 g/mol. The summed E-state index contributed by atoms with van der Waals surface area (Å²) in [5.41, 5.74) is 6.17. The zero-order valence-corrected chi connectivity index (χ0v) is 16.0. The molecule has 2 N–H and O–H groups in total. The van der Waals surface area contributed by atoms with Crippen LogP contribution in [0, 0.1) is 5.82 Å². The lowest BCUT2D eigenvalue weighted by Crippen LogP contribution is -2.13. The number of Topliss-reactive ketones (excluding diaryl/α,β-unsaturated/α-hetero) is 1. The Morgan fingerprint density at radius 1 is 1.35 bits per heavy atom. The topological polar surface area (TPSA) is 74.4 Å². The third kappa shape index (κ3) is 4.44. The first-order chi connectivity index (χ1) is 12.4. The summed E-state index contributed by atoms with van der Waals surface area (Å²) in [6.45, 7) is 2.29. The number of hydrogen-bond donors (Lipinski definition) is 1. The van der Waals surface area contributed by atoms with Crippen LogP contribution in [0.1, 0.15) is 30.3 Å². The summed E-state index contributed by atoms with van der Waals surface area (Å²) in [5, 5.41) is 0.135. The predicted octanol–water partition coefficient (Wildman–Crippen LogP) is 4.78. The number of nitrogens with zero attached hydrogens (tertiary/aromatic N) is 1. The van der Waals surface area contributed by atoms with E-state index in [-0.39, 0.29) is 45.0 Å². The molecule has 0 aliphatic carbocycles. The summed E-state index contributed by atoms with van der Waals surface area (Å²) >= 11 is 12.0. The summed E-state index contributed by atoms with van der Waals surface area (Å²) in [6, 6.07) is 4.30. The van der Waals surface area contributed by atoms with Gasteiger partial charge in [-0.1, -0.05) is 36.5 Å². The monoisotopic (exact) mass is 400 g/mol. The molecule has 0 aliphatic rings. The third-order valence-electron chi connectivity index (χ3n) is 3.65. The zero-order chi connectivity index (χ0) is 19.3. The fraction of sp³-hybridized carbons (Fsp3) is 0.333. The van der Waals surface area contributed by atoms with Gasteiger partial charge in [0.1, 0.15) is 12.3 Å². The third-order valence-corrected chi connectivity index (χ3v) is 4.35. The maximum Gasteiger partial charge on any atom is 0.208 e. The maximum absolute atomic E-state index is 14.6. The molecule has 2 rings (SSSR count). The van der Waals surface area contributed by atoms with Crippen molar-refractivity contribution in [2.45, 2.75) is 19.8 Å². The molecule has 0 amide bonds. The molecule has 0 atom stereocenters. The van der Waals surface area contributed by atoms with Crippen LogP contribution in [0.3, 0.4) is 0 Å². The Morgan fingerprint density at radius 3 is 2.73 bits per heavy atom.